The highest BCUT2D eigenvalue weighted by Crippen LogP contribution is 2.70. The fourth-order valence-electron chi connectivity index (χ4n) is 1.42. The molecule has 1 aliphatic rings. The maximum atomic E-state index is 13.1. The van der Waals surface area contributed by atoms with Crippen LogP contribution >= 0.6 is 22.6 Å². The van der Waals surface area contributed by atoms with E-state index in [9.17, 15) is 43.9 Å². The van der Waals surface area contributed by atoms with Crippen LogP contribution in [0.3, 0.4) is 0 Å². The molecule has 0 amide bonds. The topological polar surface area (TPSA) is 0 Å². The Kier molecular flexibility index (Phi) is 2.95. The van der Waals surface area contributed by atoms with E-state index in [2.05, 4.69) is 0 Å². The Balaban J connectivity index is 3.54. The maximum absolute atomic E-state index is 13.1. The predicted octanol–water partition coefficient (Wildman–Crippen LogP) is 4.19. The summed E-state index contributed by atoms with van der Waals surface area (Å²) < 4.78 is 120. The third-order valence-electron chi connectivity index (χ3n) is 2.28. The second kappa shape index (κ2) is 3.32. The molecule has 0 nitrogen and oxygen atoms in total. The Morgan fingerprint density at radius 1 is 0.765 bits per heavy atom. The smallest absolute Gasteiger partial charge is 0.224 e. The molecular weight excluding hydrogens is 389 g/mol. The number of hydrogen-bond donors (Lipinski definition) is 0. The van der Waals surface area contributed by atoms with E-state index >= 15 is 0 Å². The second-order valence-electron chi connectivity index (χ2n) is 3.37. The molecule has 0 N–H and O–H groups in total. The predicted molar refractivity (Wildman–Crippen MR) is 42.2 cm³/mol. The molecule has 1 saturated carbocycles. The van der Waals surface area contributed by atoms with Crippen LogP contribution in [0.4, 0.5) is 43.9 Å². The van der Waals surface area contributed by atoms with Crippen molar-refractivity contribution in [2.24, 2.45) is 5.92 Å². The van der Waals surface area contributed by atoms with Crippen LogP contribution in [-0.2, 0) is 0 Å². The van der Waals surface area contributed by atoms with Gasteiger partial charge in [-0.25, -0.2) is 4.39 Å². The van der Waals surface area contributed by atoms with Crippen molar-refractivity contribution in [3.8, 4) is 0 Å². The summed E-state index contributed by atoms with van der Waals surface area (Å²) in [6.45, 7) is 0. The van der Waals surface area contributed by atoms with Crippen LogP contribution in [0.5, 0.6) is 0 Å². The van der Waals surface area contributed by atoms with Crippen molar-refractivity contribution in [2.45, 2.75) is 27.6 Å². The van der Waals surface area contributed by atoms with Gasteiger partial charge in [0.1, 0.15) is 0 Å². The van der Waals surface area contributed by atoms with E-state index in [1.54, 1.807) is 0 Å². The van der Waals surface area contributed by atoms with Gasteiger partial charge in [-0.2, -0.15) is 39.5 Å². The molecule has 0 bridgehead atoms. The van der Waals surface area contributed by atoms with Gasteiger partial charge in [-0.1, -0.05) is 0 Å². The summed E-state index contributed by atoms with van der Waals surface area (Å²) in [7, 11) is 0. The van der Waals surface area contributed by atoms with E-state index < -0.39 is 33.5 Å². The van der Waals surface area contributed by atoms with Gasteiger partial charge in [0.15, 0.2) is 5.92 Å². The molecule has 1 fully saturated rings. The van der Waals surface area contributed by atoms with Gasteiger partial charge in [0.05, 0.1) is 0 Å². The summed E-state index contributed by atoms with van der Waals surface area (Å²) in [6, 6.07) is 0. The lowest BCUT2D eigenvalue weighted by Crippen LogP contribution is -2.50. The SMILES string of the molecule is FC(F)(F)[C@H]1C(F)(F)C(F)(F)C(F)(F)[C@@]1(F)I. The first-order chi connectivity index (χ1) is 7.12. The highest BCUT2D eigenvalue weighted by molar-refractivity contribution is 14.1. The van der Waals surface area contributed by atoms with Gasteiger partial charge in [0.25, 0.3) is 0 Å². The van der Waals surface area contributed by atoms with Crippen molar-refractivity contribution < 1.29 is 43.9 Å². The van der Waals surface area contributed by atoms with E-state index in [1.165, 1.54) is 0 Å². The Hall–Kier alpha value is 0.0300. The van der Waals surface area contributed by atoms with Crippen molar-refractivity contribution in [3.05, 3.63) is 0 Å². The molecule has 0 radical (unpaired) electrons. The van der Waals surface area contributed by atoms with E-state index in [1.807, 2.05) is 0 Å². The first-order valence-corrected chi connectivity index (χ1v) is 4.77. The monoisotopic (exact) mass is 390 g/mol. The lowest BCUT2D eigenvalue weighted by atomic mass is 10.0. The van der Waals surface area contributed by atoms with E-state index in [0.717, 1.165) is 0 Å². The van der Waals surface area contributed by atoms with Crippen LogP contribution in [0.15, 0.2) is 0 Å². The maximum Gasteiger partial charge on any atom is 0.401 e. The van der Waals surface area contributed by atoms with Crippen molar-refractivity contribution in [2.75, 3.05) is 0 Å². The quantitative estimate of drug-likeness (QED) is 0.331. The van der Waals surface area contributed by atoms with Gasteiger partial charge in [0.2, 0.25) is 3.68 Å². The first kappa shape index (κ1) is 15.1. The van der Waals surface area contributed by atoms with E-state index in [0.29, 0.717) is 0 Å². The molecule has 1 rings (SSSR count). The molecule has 1 aliphatic carbocycles. The number of halogens is 11. The van der Waals surface area contributed by atoms with Crippen LogP contribution in [0.2, 0.25) is 0 Å². The molecule has 0 heterocycles. The zero-order chi connectivity index (χ0) is 14.1. The summed E-state index contributed by atoms with van der Waals surface area (Å²) in [5, 5.41) is 0. The summed E-state index contributed by atoms with van der Waals surface area (Å²) in [6.07, 6.45) is -6.23. The van der Waals surface area contributed by atoms with E-state index in [4.69, 9.17) is 0 Å². The van der Waals surface area contributed by atoms with Crippen LogP contribution in [-0.4, -0.2) is 27.6 Å². The molecule has 102 valence electrons. The van der Waals surface area contributed by atoms with Gasteiger partial charge in [-0.05, 0) is 22.6 Å². The number of alkyl halides is 11. The normalized spacial score (nSPS) is 39.4. The third-order valence-corrected chi connectivity index (χ3v) is 3.58. The highest BCUT2D eigenvalue weighted by atomic mass is 127. The molecule has 0 spiro atoms. The lowest BCUT2D eigenvalue weighted by Gasteiger charge is -2.27. The Morgan fingerprint density at radius 2 is 1.12 bits per heavy atom. The first-order valence-electron chi connectivity index (χ1n) is 3.69. The van der Waals surface area contributed by atoms with Gasteiger partial charge in [0, 0.05) is 0 Å². The molecule has 17 heavy (non-hydrogen) atoms. The average molecular weight is 390 g/mol. The fourth-order valence-corrected chi connectivity index (χ4v) is 2.50. The Morgan fingerprint density at radius 3 is 1.24 bits per heavy atom. The second-order valence-corrected chi connectivity index (χ2v) is 4.94. The minimum Gasteiger partial charge on any atom is -0.224 e. The zero-order valence-corrected chi connectivity index (χ0v) is 9.39. The molecule has 0 aromatic rings. The summed E-state index contributed by atoms with van der Waals surface area (Å²) >= 11 is -0.350. The number of hydrogen-bond acceptors (Lipinski definition) is 0. The Labute approximate surface area is 100 Å². The van der Waals surface area contributed by atoms with Crippen LogP contribution < -0.4 is 0 Å². The van der Waals surface area contributed by atoms with Crippen molar-refractivity contribution in [3.63, 3.8) is 0 Å². The minimum atomic E-state index is -6.42. The third kappa shape index (κ3) is 1.56. The highest BCUT2D eigenvalue weighted by Gasteiger charge is 2.95. The molecule has 0 unspecified atom stereocenters. The minimum absolute atomic E-state index is 0.350. The number of rotatable bonds is 0. The molecule has 0 aromatic heterocycles. The molecule has 0 aromatic carbocycles. The molecule has 0 aliphatic heterocycles. The van der Waals surface area contributed by atoms with E-state index in [-0.39, 0.29) is 22.6 Å². The molecule has 2 atom stereocenters. The van der Waals surface area contributed by atoms with Crippen LogP contribution in [0.25, 0.3) is 0 Å². The molecule has 0 saturated heterocycles. The van der Waals surface area contributed by atoms with Crippen LogP contribution in [0, 0.1) is 5.92 Å². The zero-order valence-electron chi connectivity index (χ0n) is 7.23. The summed E-state index contributed by atoms with van der Waals surface area (Å²) in [5.74, 6) is -23.6. The standard InChI is InChI=1S/C6HF10I/c7-2(8)1(4(10,11)12)3(9,17)6(15,16)5(2,13)14/h1H/t1-,3-/m0/s1. The Bertz CT molecular complexity index is 302. The van der Waals surface area contributed by atoms with Crippen LogP contribution in [0.1, 0.15) is 0 Å². The molecule has 11 heteroatoms. The van der Waals surface area contributed by atoms with Crippen molar-refractivity contribution in [1.82, 2.24) is 0 Å². The fraction of sp³-hybridized carbons (Fsp3) is 1.00. The van der Waals surface area contributed by atoms with Gasteiger partial charge in [-0.15, -0.1) is 0 Å². The average Bonchev–Trinajstić information content (AvgIpc) is 2.03. The molecular formula is C6HF10I. The van der Waals surface area contributed by atoms with Crippen molar-refractivity contribution >= 4 is 22.6 Å². The summed E-state index contributed by atoms with van der Waals surface area (Å²) in [4.78, 5) is 0. The lowest BCUT2D eigenvalue weighted by molar-refractivity contribution is -0.301. The van der Waals surface area contributed by atoms with Crippen molar-refractivity contribution in [1.29, 1.82) is 0 Å². The summed E-state index contributed by atoms with van der Waals surface area (Å²) in [5.41, 5.74) is 0. The largest absolute Gasteiger partial charge is 0.401 e. The van der Waals surface area contributed by atoms with Gasteiger partial charge in [-0.3, -0.25) is 0 Å². The van der Waals surface area contributed by atoms with Gasteiger partial charge >= 0.3 is 23.9 Å². The van der Waals surface area contributed by atoms with Gasteiger partial charge < -0.3 is 0 Å².